The quantitative estimate of drug-likeness (QED) is 0.643. The van der Waals surface area contributed by atoms with Crippen molar-refractivity contribution in [1.29, 1.82) is 0 Å². The zero-order valence-corrected chi connectivity index (χ0v) is 10.2. The molecule has 0 saturated heterocycles. The maximum absolute atomic E-state index is 12.8. The molecule has 0 aromatic carbocycles. The van der Waals surface area contributed by atoms with Gasteiger partial charge in [0.2, 0.25) is 0 Å². The average molecular weight is 226 g/mol. The van der Waals surface area contributed by atoms with Crippen LogP contribution in [0.3, 0.4) is 0 Å². The third-order valence-electron chi connectivity index (χ3n) is 3.21. The van der Waals surface area contributed by atoms with Gasteiger partial charge in [-0.1, -0.05) is 34.6 Å². The van der Waals surface area contributed by atoms with E-state index in [-0.39, 0.29) is 6.61 Å². The average Bonchev–Trinajstić information content (AvgIpc) is 2.02. The largest absolute Gasteiger partial charge is 0.394 e. The fraction of sp³-hybridized carbons (Fsp3) is 1.00. The summed E-state index contributed by atoms with van der Waals surface area (Å²) in [7, 11) is 0. The Morgan fingerprint density at radius 2 is 1.47 bits per heavy atom. The van der Waals surface area contributed by atoms with E-state index in [1.165, 1.54) is 13.8 Å². The minimum absolute atomic E-state index is 0.132. The molecule has 0 radical (unpaired) electrons. The van der Waals surface area contributed by atoms with Gasteiger partial charge in [0, 0.05) is 12.0 Å². The van der Waals surface area contributed by atoms with Crippen molar-refractivity contribution in [2.45, 2.75) is 47.2 Å². The van der Waals surface area contributed by atoms with Crippen LogP contribution in [0, 0.1) is 10.8 Å². The van der Waals surface area contributed by atoms with Gasteiger partial charge < -0.3 is 4.74 Å². The molecule has 0 aromatic rings. The molecule has 0 unspecified atom stereocenters. The molecule has 0 spiro atoms. The summed E-state index contributed by atoms with van der Waals surface area (Å²) in [5, 5.41) is 0. The van der Waals surface area contributed by atoms with Gasteiger partial charge in [-0.3, -0.25) is 0 Å². The van der Waals surface area contributed by atoms with Crippen molar-refractivity contribution in [3.8, 4) is 0 Å². The molecule has 4 heteroatoms. The van der Waals surface area contributed by atoms with Crippen LogP contribution in [-0.2, 0) is 4.74 Å². The summed E-state index contributed by atoms with van der Waals surface area (Å²) in [6.07, 6.45) is -3.38. The first-order chi connectivity index (χ1) is 6.56. The minimum Gasteiger partial charge on any atom is -0.381 e. The fourth-order valence-electron chi connectivity index (χ4n) is 1.04. The Hall–Kier alpha value is -0.250. The summed E-state index contributed by atoms with van der Waals surface area (Å²) in [6.45, 7) is 8.21. The molecule has 0 rings (SSSR count). The highest BCUT2D eigenvalue weighted by Gasteiger charge is 2.56. The predicted octanol–water partition coefficient (Wildman–Crippen LogP) is 4.03. The second kappa shape index (κ2) is 4.73. The zero-order valence-electron chi connectivity index (χ0n) is 10.2. The first kappa shape index (κ1) is 14.8. The lowest BCUT2D eigenvalue weighted by molar-refractivity contribution is -0.253. The van der Waals surface area contributed by atoms with Gasteiger partial charge in [0.25, 0.3) is 0 Å². The third-order valence-corrected chi connectivity index (χ3v) is 3.21. The Kier molecular flexibility index (Phi) is 4.65. The van der Waals surface area contributed by atoms with Crippen LogP contribution < -0.4 is 0 Å². The molecule has 15 heavy (non-hydrogen) atoms. The van der Waals surface area contributed by atoms with Crippen LogP contribution in [-0.4, -0.2) is 19.4 Å². The normalized spacial score (nSPS) is 14.4. The van der Waals surface area contributed by atoms with Gasteiger partial charge in [-0.2, -0.15) is 13.2 Å². The van der Waals surface area contributed by atoms with Crippen molar-refractivity contribution in [2.24, 2.45) is 10.8 Å². The van der Waals surface area contributed by atoms with Gasteiger partial charge in [0.15, 0.2) is 0 Å². The molecule has 0 aliphatic rings. The van der Waals surface area contributed by atoms with Crippen molar-refractivity contribution in [2.75, 3.05) is 13.2 Å². The van der Waals surface area contributed by atoms with E-state index in [1.54, 1.807) is 13.8 Å². The molecular weight excluding hydrogens is 205 g/mol. The Labute approximate surface area is 90.0 Å². The van der Waals surface area contributed by atoms with E-state index in [9.17, 15) is 13.2 Å². The molecule has 0 aliphatic carbocycles. The van der Waals surface area contributed by atoms with Crippen LogP contribution in [0.1, 0.15) is 41.0 Å². The smallest absolute Gasteiger partial charge is 0.381 e. The van der Waals surface area contributed by atoms with Crippen molar-refractivity contribution in [3.63, 3.8) is 0 Å². The second-order valence-electron chi connectivity index (χ2n) is 5.06. The van der Waals surface area contributed by atoms with Gasteiger partial charge in [-0.05, 0) is 6.42 Å². The number of ether oxygens (including phenoxy) is 1. The van der Waals surface area contributed by atoms with Crippen LogP contribution in [0.25, 0.3) is 0 Å². The van der Waals surface area contributed by atoms with Crippen molar-refractivity contribution >= 4 is 0 Å². The molecular formula is C11H21F3O. The Balaban J connectivity index is 4.56. The molecule has 0 aliphatic heterocycles. The van der Waals surface area contributed by atoms with E-state index in [4.69, 9.17) is 4.74 Å². The number of hydrogen-bond donors (Lipinski definition) is 0. The zero-order chi connectivity index (χ0) is 12.3. The van der Waals surface area contributed by atoms with Crippen LogP contribution in [0.5, 0.6) is 0 Å². The van der Waals surface area contributed by atoms with E-state index < -0.39 is 17.0 Å². The van der Waals surface area contributed by atoms with Crippen molar-refractivity contribution in [1.82, 2.24) is 0 Å². The maximum Gasteiger partial charge on any atom is 0.394 e. The topological polar surface area (TPSA) is 9.23 Å². The van der Waals surface area contributed by atoms with E-state index in [2.05, 4.69) is 0 Å². The predicted molar refractivity (Wildman–Crippen MR) is 54.7 cm³/mol. The summed E-state index contributed by atoms with van der Waals surface area (Å²) in [5.41, 5.74) is -2.66. The number of hydrogen-bond acceptors (Lipinski definition) is 1. The number of alkyl halides is 3. The van der Waals surface area contributed by atoms with Crippen molar-refractivity contribution < 1.29 is 17.9 Å². The first-order valence-electron chi connectivity index (χ1n) is 5.20. The molecule has 0 aromatic heterocycles. The highest BCUT2D eigenvalue weighted by molar-refractivity contribution is 4.91. The van der Waals surface area contributed by atoms with Crippen LogP contribution in [0.15, 0.2) is 0 Å². The highest BCUT2D eigenvalue weighted by Crippen LogP contribution is 2.50. The summed E-state index contributed by atoms with van der Waals surface area (Å²) in [4.78, 5) is 0. The van der Waals surface area contributed by atoms with Crippen LogP contribution in [0.4, 0.5) is 13.2 Å². The second-order valence-corrected chi connectivity index (χ2v) is 5.06. The summed E-state index contributed by atoms with van der Waals surface area (Å²) < 4.78 is 43.6. The third kappa shape index (κ3) is 3.37. The van der Waals surface area contributed by atoms with Crippen LogP contribution in [0.2, 0.25) is 0 Å². The van der Waals surface area contributed by atoms with Gasteiger partial charge in [0.05, 0.1) is 12.0 Å². The highest BCUT2D eigenvalue weighted by atomic mass is 19.4. The maximum atomic E-state index is 12.8. The van der Waals surface area contributed by atoms with E-state index >= 15 is 0 Å². The molecule has 0 atom stereocenters. The summed E-state index contributed by atoms with van der Waals surface area (Å²) in [5.74, 6) is 0. The molecule has 0 heterocycles. The van der Waals surface area contributed by atoms with Gasteiger partial charge in [0.1, 0.15) is 0 Å². The SMILES string of the molecule is CCCOCC(C)(C)C(C)(C)C(F)(F)F. The van der Waals surface area contributed by atoms with Crippen LogP contribution >= 0.6 is 0 Å². The van der Waals surface area contributed by atoms with E-state index in [1.807, 2.05) is 6.92 Å². The summed E-state index contributed by atoms with van der Waals surface area (Å²) >= 11 is 0. The van der Waals surface area contributed by atoms with E-state index in [0.717, 1.165) is 6.42 Å². The summed E-state index contributed by atoms with van der Waals surface area (Å²) in [6, 6.07) is 0. The molecule has 0 amide bonds. The number of halogens is 3. The van der Waals surface area contributed by atoms with Crippen molar-refractivity contribution in [3.05, 3.63) is 0 Å². The Morgan fingerprint density at radius 1 is 1.00 bits per heavy atom. The van der Waals surface area contributed by atoms with Gasteiger partial charge >= 0.3 is 6.18 Å². The Morgan fingerprint density at radius 3 is 1.80 bits per heavy atom. The van der Waals surface area contributed by atoms with Gasteiger partial charge in [-0.25, -0.2) is 0 Å². The van der Waals surface area contributed by atoms with E-state index in [0.29, 0.717) is 6.61 Å². The lowest BCUT2D eigenvalue weighted by Crippen LogP contribution is -2.47. The molecule has 1 nitrogen and oxygen atoms in total. The monoisotopic (exact) mass is 226 g/mol. The molecule has 0 N–H and O–H groups in total. The lowest BCUT2D eigenvalue weighted by atomic mass is 9.68. The molecule has 0 fully saturated rings. The number of rotatable bonds is 5. The fourth-order valence-corrected chi connectivity index (χ4v) is 1.04. The first-order valence-corrected chi connectivity index (χ1v) is 5.20. The lowest BCUT2D eigenvalue weighted by Gasteiger charge is -2.42. The minimum atomic E-state index is -4.20. The molecule has 92 valence electrons. The Bertz CT molecular complexity index is 194. The molecule has 0 bridgehead atoms. The standard InChI is InChI=1S/C11H21F3O/c1-6-7-15-8-9(2,3)10(4,5)11(12,13)14/h6-8H2,1-5H3. The van der Waals surface area contributed by atoms with Gasteiger partial charge in [-0.15, -0.1) is 0 Å². The molecule has 0 saturated carbocycles.